The van der Waals surface area contributed by atoms with Crippen LogP contribution in [0.15, 0.2) is 18.2 Å². The molecule has 1 aromatic carbocycles. The summed E-state index contributed by atoms with van der Waals surface area (Å²) in [7, 11) is 0. The van der Waals surface area contributed by atoms with Crippen molar-refractivity contribution in [2.75, 3.05) is 18.0 Å². The first-order chi connectivity index (χ1) is 9.15. The summed E-state index contributed by atoms with van der Waals surface area (Å²) in [6, 6.07) is 6.37. The Morgan fingerprint density at radius 1 is 1.53 bits per heavy atom. The molecule has 98 valence electrons. The standard InChI is InChI=1S/C13H13N3O3/c14-7-11-3-4-12(6-13(11)16(18)19)15-5-1-2-10(8-15)9-17/h3-4,6,9-10H,1-2,5,8H2. The Morgan fingerprint density at radius 3 is 2.95 bits per heavy atom. The summed E-state index contributed by atoms with van der Waals surface area (Å²) in [6.07, 6.45) is 2.68. The van der Waals surface area contributed by atoms with Gasteiger partial charge in [-0.25, -0.2) is 0 Å². The van der Waals surface area contributed by atoms with Gasteiger partial charge in [0.15, 0.2) is 0 Å². The maximum atomic E-state index is 10.9. The minimum absolute atomic E-state index is 0.0246. The molecule has 1 saturated heterocycles. The first-order valence-corrected chi connectivity index (χ1v) is 6.04. The van der Waals surface area contributed by atoms with E-state index in [1.165, 1.54) is 12.1 Å². The molecule has 2 rings (SSSR count). The third-order valence-electron chi connectivity index (χ3n) is 3.31. The van der Waals surface area contributed by atoms with E-state index in [4.69, 9.17) is 5.26 Å². The number of carbonyl (C=O) groups is 1. The Bertz CT molecular complexity index is 551. The average Bonchev–Trinajstić information content (AvgIpc) is 2.46. The molecule has 1 fully saturated rings. The third kappa shape index (κ3) is 2.71. The molecule has 1 heterocycles. The minimum atomic E-state index is -0.552. The largest absolute Gasteiger partial charge is 0.371 e. The molecular formula is C13H13N3O3. The van der Waals surface area contributed by atoms with Crippen LogP contribution in [0, 0.1) is 27.4 Å². The van der Waals surface area contributed by atoms with Crippen molar-refractivity contribution in [3.63, 3.8) is 0 Å². The monoisotopic (exact) mass is 259 g/mol. The molecule has 1 unspecified atom stereocenters. The molecule has 0 aromatic heterocycles. The molecule has 0 bridgehead atoms. The van der Waals surface area contributed by atoms with Gasteiger partial charge in [0.1, 0.15) is 17.9 Å². The van der Waals surface area contributed by atoms with Crippen molar-refractivity contribution in [3.8, 4) is 6.07 Å². The maximum Gasteiger partial charge on any atom is 0.289 e. The topological polar surface area (TPSA) is 87.2 Å². The molecule has 0 aliphatic carbocycles. The lowest BCUT2D eigenvalue weighted by atomic mass is 9.99. The number of nitriles is 1. The third-order valence-corrected chi connectivity index (χ3v) is 3.31. The van der Waals surface area contributed by atoms with Crippen molar-refractivity contribution >= 4 is 17.7 Å². The second-order valence-corrected chi connectivity index (χ2v) is 4.55. The van der Waals surface area contributed by atoms with E-state index in [0.717, 1.165) is 25.7 Å². The van der Waals surface area contributed by atoms with Crippen LogP contribution in [0.3, 0.4) is 0 Å². The van der Waals surface area contributed by atoms with Gasteiger partial charge in [-0.05, 0) is 25.0 Å². The maximum absolute atomic E-state index is 10.9. The molecule has 1 aliphatic heterocycles. The molecule has 6 nitrogen and oxygen atoms in total. The van der Waals surface area contributed by atoms with E-state index in [1.807, 2.05) is 11.0 Å². The van der Waals surface area contributed by atoms with Crippen LogP contribution in [0.25, 0.3) is 0 Å². The predicted molar refractivity (Wildman–Crippen MR) is 68.8 cm³/mol. The van der Waals surface area contributed by atoms with Gasteiger partial charge >= 0.3 is 0 Å². The van der Waals surface area contributed by atoms with Gasteiger partial charge in [0.25, 0.3) is 5.69 Å². The van der Waals surface area contributed by atoms with Crippen LogP contribution < -0.4 is 4.90 Å². The lowest BCUT2D eigenvalue weighted by Crippen LogP contribution is -2.35. The number of anilines is 1. The molecule has 1 aromatic rings. The fraction of sp³-hybridized carbons (Fsp3) is 0.385. The lowest BCUT2D eigenvalue weighted by Gasteiger charge is -2.31. The lowest BCUT2D eigenvalue weighted by molar-refractivity contribution is -0.385. The SMILES string of the molecule is N#Cc1ccc(N2CCCC(C=O)C2)cc1[N+](=O)[O-]. The number of nitro groups is 1. The van der Waals surface area contributed by atoms with Crippen LogP contribution >= 0.6 is 0 Å². The fourth-order valence-corrected chi connectivity index (χ4v) is 2.32. The second kappa shape index (κ2) is 5.48. The zero-order chi connectivity index (χ0) is 13.8. The summed E-state index contributed by atoms with van der Waals surface area (Å²) < 4.78 is 0. The molecule has 0 N–H and O–H groups in total. The summed E-state index contributed by atoms with van der Waals surface area (Å²) in [4.78, 5) is 23.2. The summed E-state index contributed by atoms with van der Waals surface area (Å²) in [5.41, 5.74) is 0.558. The Hall–Kier alpha value is -2.42. The van der Waals surface area contributed by atoms with E-state index >= 15 is 0 Å². The van der Waals surface area contributed by atoms with E-state index in [9.17, 15) is 14.9 Å². The zero-order valence-electron chi connectivity index (χ0n) is 10.3. The highest BCUT2D eigenvalue weighted by molar-refractivity contribution is 5.62. The molecular weight excluding hydrogens is 246 g/mol. The quantitative estimate of drug-likeness (QED) is 0.470. The minimum Gasteiger partial charge on any atom is -0.371 e. The highest BCUT2D eigenvalue weighted by Crippen LogP contribution is 2.28. The van der Waals surface area contributed by atoms with Crippen LogP contribution in [-0.2, 0) is 4.79 Å². The highest BCUT2D eigenvalue weighted by atomic mass is 16.6. The highest BCUT2D eigenvalue weighted by Gasteiger charge is 2.22. The number of aldehydes is 1. The zero-order valence-corrected chi connectivity index (χ0v) is 10.3. The molecule has 0 saturated carbocycles. The van der Waals surface area contributed by atoms with Gasteiger partial charge in [-0.2, -0.15) is 5.26 Å². The summed E-state index contributed by atoms with van der Waals surface area (Å²) >= 11 is 0. The molecule has 0 amide bonds. The van der Waals surface area contributed by atoms with E-state index in [1.54, 1.807) is 6.07 Å². The van der Waals surface area contributed by atoms with Crippen molar-refractivity contribution in [2.24, 2.45) is 5.92 Å². The van der Waals surface area contributed by atoms with E-state index < -0.39 is 4.92 Å². The van der Waals surface area contributed by atoms with Gasteiger partial charge in [0.2, 0.25) is 0 Å². The summed E-state index contributed by atoms with van der Waals surface area (Å²) in [6.45, 7) is 1.35. The van der Waals surface area contributed by atoms with E-state index in [0.29, 0.717) is 12.2 Å². The van der Waals surface area contributed by atoms with Crippen LogP contribution in [0.4, 0.5) is 11.4 Å². The van der Waals surface area contributed by atoms with Crippen molar-refractivity contribution in [3.05, 3.63) is 33.9 Å². The Labute approximate surface area is 110 Å². The molecule has 1 atom stereocenters. The number of hydrogen-bond acceptors (Lipinski definition) is 5. The van der Waals surface area contributed by atoms with Crippen LogP contribution in [0.2, 0.25) is 0 Å². The van der Waals surface area contributed by atoms with Crippen LogP contribution in [0.5, 0.6) is 0 Å². The number of nitro benzene ring substituents is 1. The van der Waals surface area contributed by atoms with Gasteiger partial charge in [0, 0.05) is 30.8 Å². The second-order valence-electron chi connectivity index (χ2n) is 4.55. The molecule has 0 spiro atoms. The number of rotatable bonds is 3. The number of nitrogens with zero attached hydrogens (tertiary/aromatic N) is 3. The van der Waals surface area contributed by atoms with Crippen molar-refractivity contribution in [1.29, 1.82) is 5.26 Å². The first-order valence-electron chi connectivity index (χ1n) is 6.04. The molecule has 6 heteroatoms. The fourth-order valence-electron chi connectivity index (χ4n) is 2.32. The van der Waals surface area contributed by atoms with Crippen molar-refractivity contribution < 1.29 is 9.72 Å². The van der Waals surface area contributed by atoms with Crippen LogP contribution in [-0.4, -0.2) is 24.3 Å². The normalized spacial score (nSPS) is 18.7. The number of benzene rings is 1. The van der Waals surface area contributed by atoms with Gasteiger partial charge in [-0.3, -0.25) is 10.1 Å². The van der Waals surface area contributed by atoms with Crippen LogP contribution in [0.1, 0.15) is 18.4 Å². The Balaban J connectivity index is 2.30. The number of piperidine rings is 1. The first kappa shape index (κ1) is 13.0. The van der Waals surface area contributed by atoms with Gasteiger partial charge in [-0.15, -0.1) is 0 Å². The summed E-state index contributed by atoms with van der Waals surface area (Å²) in [5, 5.41) is 19.8. The molecule has 1 aliphatic rings. The molecule has 0 radical (unpaired) electrons. The smallest absolute Gasteiger partial charge is 0.289 e. The molecule has 19 heavy (non-hydrogen) atoms. The van der Waals surface area contributed by atoms with Crippen molar-refractivity contribution in [1.82, 2.24) is 0 Å². The predicted octanol–water partition coefficient (Wildman–Crippen LogP) is 1.88. The Kier molecular flexibility index (Phi) is 3.76. The van der Waals surface area contributed by atoms with E-state index in [2.05, 4.69) is 0 Å². The Morgan fingerprint density at radius 2 is 2.32 bits per heavy atom. The summed E-state index contributed by atoms with van der Waals surface area (Å²) in [5.74, 6) is -0.0246. The van der Waals surface area contributed by atoms with Crippen molar-refractivity contribution in [2.45, 2.75) is 12.8 Å². The number of hydrogen-bond donors (Lipinski definition) is 0. The average molecular weight is 259 g/mol. The number of carbonyl (C=O) groups excluding carboxylic acids is 1. The van der Waals surface area contributed by atoms with Gasteiger partial charge in [-0.1, -0.05) is 0 Å². The van der Waals surface area contributed by atoms with Gasteiger partial charge in [0.05, 0.1) is 4.92 Å². The van der Waals surface area contributed by atoms with Gasteiger partial charge < -0.3 is 9.69 Å². The van der Waals surface area contributed by atoms with E-state index in [-0.39, 0.29) is 17.2 Å².